The summed E-state index contributed by atoms with van der Waals surface area (Å²) in [5.74, 6) is 1.06. The summed E-state index contributed by atoms with van der Waals surface area (Å²) in [5.41, 5.74) is 1.15. The molecule has 0 unspecified atom stereocenters. The van der Waals surface area contributed by atoms with Crippen molar-refractivity contribution >= 4 is 29.3 Å². The number of methoxy groups -OCH3 is 1. The molecule has 1 fully saturated rings. The first-order valence-corrected chi connectivity index (χ1v) is 13.4. The Kier molecular flexibility index (Phi) is 13.0. The Morgan fingerprint density at radius 3 is 2.23 bits per heavy atom. The van der Waals surface area contributed by atoms with Crippen LogP contribution >= 0.6 is 11.8 Å². The van der Waals surface area contributed by atoms with E-state index in [-0.39, 0.29) is 17.6 Å². The van der Waals surface area contributed by atoms with Crippen LogP contribution in [-0.2, 0) is 9.59 Å². The van der Waals surface area contributed by atoms with Gasteiger partial charge < -0.3 is 19.9 Å². The van der Waals surface area contributed by atoms with Crippen molar-refractivity contribution in [2.45, 2.75) is 44.4 Å². The number of piperazine rings is 1. The number of ether oxygens (including phenoxy) is 1. The summed E-state index contributed by atoms with van der Waals surface area (Å²) in [6, 6.07) is 14.1. The van der Waals surface area contributed by atoms with Crippen LogP contribution in [0.25, 0.3) is 0 Å². The van der Waals surface area contributed by atoms with Crippen molar-refractivity contribution < 1.29 is 18.7 Å². The molecule has 0 aromatic heterocycles. The van der Waals surface area contributed by atoms with Gasteiger partial charge in [-0.15, -0.1) is 11.8 Å². The van der Waals surface area contributed by atoms with Gasteiger partial charge in [-0.25, -0.2) is 4.39 Å². The SMILES string of the molecule is CC.COc1ccc(N2CCN(C(=O)CCCCCNC(=O)CSc3ccc(F)cc3)CC2)cc1. The minimum absolute atomic E-state index is 0.0323. The second-order valence-electron chi connectivity index (χ2n) is 7.97. The number of amides is 2. The molecule has 1 N–H and O–H groups in total. The molecule has 3 rings (SSSR count). The predicted octanol–water partition coefficient (Wildman–Crippen LogP) is 4.98. The number of nitrogens with one attached hydrogen (secondary N) is 1. The van der Waals surface area contributed by atoms with Gasteiger partial charge in [0.25, 0.3) is 0 Å². The minimum atomic E-state index is -0.280. The van der Waals surface area contributed by atoms with Gasteiger partial charge in [0.15, 0.2) is 0 Å². The lowest BCUT2D eigenvalue weighted by atomic mass is 10.1. The van der Waals surface area contributed by atoms with Crippen LogP contribution < -0.4 is 15.0 Å². The van der Waals surface area contributed by atoms with Gasteiger partial charge in [-0.05, 0) is 61.4 Å². The van der Waals surface area contributed by atoms with Gasteiger partial charge >= 0.3 is 0 Å². The minimum Gasteiger partial charge on any atom is -0.497 e. The molecular weight excluding hydrogens is 465 g/mol. The molecule has 2 aromatic carbocycles. The van der Waals surface area contributed by atoms with E-state index in [0.717, 1.165) is 61.8 Å². The summed E-state index contributed by atoms with van der Waals surface area (Å²) < 4.78 is 18.1. The number of halogens is 1. The van der Waals surface area contributed by atoms with E-state index in [1.165, 1.54) is 23.9 Å². The fourth-order valence-electron chi connectivity index (χ4n) is 3.70. The van der Waals surface area contributed by atoms with Gasteiger partial charge in [-0.1, -0.05) is 20.3 Å². The topological polar surface area (TPSA) is 61.9 Å². The first-order chi connectivity index (χ1) is 17.0. The van der Waals surface area contributed by atoms with Crippen LogP contribution in [0.1, 0.15) is 39.5 Å². The number of hydrogen-bond acceptors (Lipinski definition) is 5. The second kappa shape index (κ2) is 16.0. The molecular formula is C27H38FN3O3S. The summed E-state index contributed by atoms with van der Waals surface area (Å²) in [5, 5.41) is 2.90. The van der Waals surface area contributed by atoms with E-state index in [9.17, 15) is 14.0 Å². The number of unbranched alkanes of at least 4 members (excludes halogenated alkanes) is 2. The van der Waals surface area contributed by atoms with E-state index in [2.05, 4.69) is 22.3 Å². The van der Waals surface area contributed by atoms with Gasteiger partial charge in [-0.3, -0.25) is 9.59 Å². The predicted molar refractivity (Wildman–Crippen MR) is 142 cm³/mol. The summed E-state index contributed by atoms with van der Waals surface area (Å²) in [6.45, 7) is 7.76. The first-order valence-electron chi connectivity index (χ1n) is 12.4. The van der Waals surface area contributed by atoms with E-state index in [4.69, 9.17) is 4.74 Å². The van der Waals surface area contributed by atoms with Gasteiger partial charge in [-0.2, -0.15) is 0 Å². The van der Waals surface area contributed by atoms with E-state index in [1.807, 2.05) is 30.9 Å². The van der Waals surface area contributed by atoms with Crippen LogP contribution in [0.3, 0.4) is 0 Å². The van der Waals surface area contributed by atoms with Crippen molar-refractivity contribution in [2.75, 3.05) is 50.5 Å². The Hall–Kier alpha value is -2.74. The maximum absolute atomic E-state index is 12.9. The highest BCUT2D eigenvalue weighted by Gasteiger charge is 2.20. The Morgan fingerprint density at radius 2 is 1.60 bits per heavy atom. The van der Waals surface area contributed by atoms with Gasteiger partial charge in [0.05, 0.1) is 12.9 Å². The number of anilines is 1. The van der Waals surface area contributed by atoms with Crippen LogP contribution in [0.2, 0.25) is 0 Å². The van der Waals surface area contributed by atoms with Crippen LogP contribution in [0.15, 0.2) is 53.4 Å². The zero-order valence-electron chi connectivity index (χ0n) is 21.1. The average molecular weight is 504 g/mol. The van der Waals surface area contributed by atoms with Crippen molar-refractivity contribution in [3.63, 3.8) is 0 Å². The van der Waals surface area contributed by atoms with E-state index < -0.39 is 0 Å². The fraction of sp³-hybridized carbons (Fsp3) is 0.481. The molecule has 0 aliphatic carbocycles. The lowest BCUT2D eigenvalue weighted by Gasteiger charge is -2.36. The van der Waals surface area contributed by atoms with Crippen molar-refractivity contribution in [2.24, 2.45) is 0 Å². The Balaban J connectivity index is 0.00000210. The zero-order chi connectivity index (χ0) is 25.5. The Bertz CT molecular complexity index is 886. The molecule has 1 heterocycles. The standard InChI is InChI=1S/C25H32FN3O3S.C2H6/c1-32-22-10-8-21(9-11-22)28-15-17-29(18-16-28)25(31)5-3-2-4-14-27-24(30)19-33-23-12-6-20(26)7-13-23;1-2/h6-13H,2-5,14-19H2,1H3,(H,27,30);1-2H3. The molecule has 1 aliphatic heterocycles. The molecule has 2 amide bonds. The number of nitrogens with zero attached hydrogens (tertiary/aromatic N) is 2. The zero-order valence-corrected chi connectivity index (χ0v) is 21.9. The van der Waals surface area contributed by atoms with Crippen LogP contribution in [0, 0.1) is 5.82 Å². The number of carbonyl (C=O) groups excluding carboxylic acids is 2. The molecule has 0 radical (unpaired) electrons. The quantitative estimate of drug-likeness (QED) is 0.346. The smallest absolute Gasteiger partial charge is 0.230 e. The van der Waals surface area contributed by atoms with Gasteiger partial charge in [0.1, 0.15) is 11.6 Å². The molecule has 0 spiro atoms. The third kappa shape index (κ3) is 10.2. The summed E-state index contributed by atoms with van der Waals surface area (Å²) >= 11 is 1.39. The largest absolute Gasteiger partial charge is 0.497 e. The highest BCUT2D eigenvalue weighted by atomic mass is 32.2. The lowest BCUT2D eigenvalue weighted by molar-refractivity contribution is -0.131. The van der Waals surface area contributed by atoms with Crippen molar-refractivity contribution in [1.29, 1.82) is 0 Å². The van der Waals surface area contributed by atoms with E-state index >= 15 is 0 Å². The summed E-state index contributed by atoms with van der Waals surface area (Å²) in [6.07, 6.45) is 3.14. The van der Waals surface area contributed by atoms with Crippen molar-refractivity contribution in [1.82, 2.24) is 10.2 Å². The lowest BCUT2D eigenvalue weighted by Crippen LogP contribution is -2.48. The van der Waals surface area contributed by atoms with E-state index in [0.29, 0.717) is 18.7 Å². The van der Waals surface area contributed by atoms with Gasteiger partial charge in [0, 0.05) is 49.7 Å². The maximum Gasteiger partial charge on any atom is 0.230 e. The fourth-order valence-corrected chi connectivity index (χ4v) is 4.43. The molecule has 0 saturated carbocycles. The molecule has 6 nitrogen and oxygen atoms in total. The molecule has 0 atom stereocenters. The van der Waals surface area contributed by atoms with E-state index in [1.54, 1.807) is 19.2 Å². The van der Waals surface area contributed by atoms with Gasteiger partial charge in [0.2, 0.25) is 11.8 Å². The van der Waals surface area contributed by atoms with Crippen LogP contribution in [0.4, 0.5) is 10.1 Å². The number of thioether (sulfide) groups is 1. The molecule has 0 bridgehead atoms. The molecule has 1 aliphatic rings. The number of rotatable bonds is 11. The number of hydrogen-bond donors (Lipinski definition) is 1. The maximum atomic E-state index is 12.9. The summed E-state index contributed by atoms with van der Waals surface area (Å²) in [4.78, 5) is 29.5. The second-order valence-corrected chi connectivity index (χ2v) is 9.02. The molecule has 2 aromatic rings. The molecule has 1 saturated heterocycles. The van der Waals surface area contributed by atoms with Crippen LogP contribution in [-0.4, -0.2) is 62.3 Å². The Morgan fingerprint density at radius 1 is 0.943 bits per heavy atom. The number of benzene rings is 2. The Labute approximate surface area is 213 Å². The highest BCUT2D eigenvalue weighted by Crippen LogP contribution is 2.21. The average Bonchev–Trinajstić information content (AvgIpc) is 2.91. The molecule has 35 heavy (non-hydrogen) atoms. The molecule has 192 valence electrons. The third-order valence-corrected chi connectivity index (χ3v) is 6.66. The third-order valence-electron chi connectivity index (χ3n) is 5.64. The monoisotopic (exact) mass is 503 g/mol. The number of carbonyl (C=O) groups is 2. The van der Waals surface area contributed by atoms with Crippen LogP contribution in [0.5, 0.6) is 5.75 Å². The van der Waals surface area contributed by atoms with Crippen molar-refractivity contribution in [3.8, 4) is 5.75 Å². The van der Waals surface area contributed by atoms with Crippen molar-refractivity contribution in [3.05, 3.63) is 54.3 Å². The highest BCUT2D eigenvalue weighted by molar-refractivity contribution is 8.00. The summed E-state index contributed by atoms with van der Waals surface area (Å²) in [7, 11) is 1.66. The normalized spacial score (nSPS) is 13.0. The first kappa shape index (κ1) is 28.5. The molecule has 8 heteroatoms.